The molecule has 0 bridgehead atoms. The summed E-state index contributed by atoms with van der Waals surface area (Å²) in [7, 11) is -4.66. The Bertz CT molecular complexity index is 1700. The van der Waals surface area contributed by atoms with Crippen molar-refractivity contribution in [2.45, 2.75) is 96.0 Å². The summed E-state index contributed by atoms with van der Waals surface area (Å²) in [5, 5.41) is 54.5. The normalized spacial score (nSPS) is 22.8. The molecule has 2 aliphatic heterocycles. The van der Waals surface area contributed by atoms with Gasteiger partial charge in [-0.1, -0.05) is 6.42 Å². The number of nitrogens with zero attached hydrogens (tertiary/aromatic N) is 1. The van der Waals surface area contributed by atoms with Crippen molar-refractivity contribution < 1.29 is 86.2 Å². The van der Waals surface area contributed by atoms with Crippen molar-refractivity contribution in [3.63, 3.8) is 0 Å². The molecular formula is C35H51N3O18S. The molecule has 2 unspecified atom stereocenters. The number of amides is 3. The van der Waals surface area contributed by atoms with E-state index in [4.69, 9.17) is 23.7 Å². The highest BCUT2D eigenvalue weighted by molar-refractivity contribution is 7.85. The van der Waals surface area contributed by atoms with Crippen LogP contribution in [0.2, 0.25) is 0 Å². The Hall–Kier alpha value is -4.42. The number of unbranched alkanes of at least 4 members (excludes halogenated alkanes) is 2. The lowest BCUT2D eigenvalue weighted by atomic mass is 9.97. The average molecular weight is 834 g/mol. The molecule has 7 atom stereocenters. The van der Waals surface area contributed by atoms with Crippen LogP contribution in [0.25, 0.3) is 0 Å². The summed E-state index contributed by atoms with van der Waals surface area (Å²) in [6.45, 7) is 4.62. The highest BCUT2D eigenvalue weighted by Gasteiger charge is 2.48. The first-order chi connectivity index (χ1) is 26.7. The lowest BCUT2D eigenvalue weighted by Crippen LogP contribution is -2.61. The van der Waals surface area contributed by atoms with Crippen LogP contribution in [0.15, 0.2) is 30.4 Å². The highest BCUT2D eigenvalue weighted by Crippen LogP contribution is 2.31. The molecule has 3 rings (SSSR count). The smallest absolute Gasteiger partial charge is 0.335 e. The maximum absolute atomic E-state index is 12.7. The monoisotopic (exact) mass is 833 g/mol. The number of aliphatic hydroxyl groups excluding tert-OH is 4. The van der Waals surface area contributed by atoms with E-state index in [0.717, 1.165) is 0 Å². The van der Waals surface area contributed by atoms with Gasteiger partial charge < -0.3 is 64.8 Å². The zero-order chi connectivity index (χ0) is 42.5. The summed E-state index contributed by atoms with van der Waals surface area (Å²) >= 11 is 0. The number of ether oxygens (including phenoxy) is 5. The molecule has 0 saturated carbocycles. The zero-order valence-electron chi connectivity index (χ0n) is 31.6. The standard InChI is InChI=1S/C35H51N3O18S/c1-35(2,3)34(48)54-18-20-8-9-21(17-23(20)55-33-29(44)27(42)28(43)30(56-33)32(46)47)53-16-15-52-14-12-36-31(45)22(19-57(49,50)51)37-24(39)7-5-4-6-13-38-25(40)10-11-26(38)41/h8-11,17,22,25,27-30,33,40,42-44H,4-7,12-16,18-19H2,1-3H3,(H,36,45)(H,37,39)(H,46,47)(H,49,50,51)/t22?,25?,27-,28-,29+,30-,33+/m0/s1. The third-order valence-corrected chi connectivity index (χ3v) is 9.21. The quantitative estimate of drug-likeness (QED) is 0.0363. The largest absolute Gasteiger partial charge is 0.491 e. The van der Waals surface area contributed by atoms with Gasteiger partial charge in [0.05, 0.1) is 18.6 Å². The van der Waals surface area contributed by atoms with E-state index >= 15 is 0 Å². The van der Waals surface area contributed by atoms with E-state index in [1.54, 1.807) is 20.8 Å². The Balaban J connectivity index is 1.48. The van der Waals surface area contributed by atoms with Crippen LogP contribution in [-0.4, -0.2) is 155 Å². The molecule has 1 aromatic carbocycles. The predicted octanol–water partition coefficient (Wildman–Crippen LogP) is -1.79. The van der Waals surface area contributed by atoms with Gasteiger partial charge in [0.25, 0.3) is 10.1 Å². The number of hydrogen-bond acceptors (Lipinski definition) is 16. The maximum Gasteiger partial charge on any atom is 0.335 e. The molecule has 0 aliphatic carbocycles. The number of esters is 1. The van der Waals surface area contributed by atoms with Gasteiger partial charge in [0.15, 0.2) is 6.10 Å². The number of carboxylic acids is 1. The Morgan fingerprint density at radius 3 is 2.33 bits per heavy atom. The van der Waals surface area contributed by atoms with E-state index in [1.165, 1.54) is 35.3 Å². The number of aliphatic hydroxyl groups is 4. The van der Waals surface area contributed by atoms with Crippen LogP contribution in [0, 0.1) is 5.41 Å². The molecule has 0 aromatic heterocycles. The Kier molecular flexibility index (Phi) is 17.6. The second-order valence-corrected chi connectivity index (χ2v) is 15.7. The second kappa shape index (κ2) is 21.4. The number of carbonyl (C=O) groups excluding carboxylic acids is 4. The van der Waals surface area contributed by atoms with Crippen LogP contribution >= 0.6 is 0 Å². The van der Waals surface area contributed by atoms with Gasteiger partial charge in [-0.05, 0) is 51.8 Å². The minimum absolute atomic E-state index is 0.0294. The van der Waals surface area contributed by atoms with Gasteiger partial charge >= 0.3 is 11.9 Å². The molecule has 0 radical (unpaired) electrons. The molecule has 0 spiro atoms. The summed E-state index contributed by atoms with van der Waals surface area (Å²) in [6.07, 6.45) is -6.55. The summed E-state index contributed by atoms with van der Waals surface area (Å²) < 4.78 is 59.8. The van der Waals surface area contributed by atoms with Gasteiger partial charge in [0.2, 0.25) is 24.0 Å². The third-order valence-electron chi connectivity index (χ3n) is 8.45. The number of benzene rings is 1. The van der Waals surface area contributed by atoms with Gasteiger partial charge in [0.1, 0.15) is 61.0 Å². The first kappa shape index (κ1) is 47.0. The van der Waals surface area contributed by atoms with Crippen molar-refractivity contribution in [3.8, 4) is 11.5 Å². The first-order valence-electron chi connectivity index (χ1n) is 18.0. The number of carboxylic acid groups (broad SMARTS) is 1. The minimum atomic E-state index is -4.66. The van der Waals surface area contributed by atoms with Crippen LogP contribution < -0.4 is 20.1 Å². The first-order valence-corrected chi connectivity index (χ1v) is 19.6. The topological polar surface area (TPSA) is 314 Å². The molecule has 57 heavy (non-hydrogen) atoms. The minimum Gasteiger partial charge on any atom is -0.491 e. The van der Waals surface area contributed by atoms with E-state index in [2.05, 4.69) is 10.6 Å². The number of hydrogen-bond donors (Lipinski definition) is 8. The fraction of sp³-hybridized carbons (Fsp3) is 0.629. The molecule has 8 N–H and O–H groups in total. The number of carbonyl (C=O) groups is 5. The summed E-state index contributed by atoms with van der Waals surface area (Å²) in [5.41, 5.74) is -0.586. The van der Waals surface area contributed by atoms with Gasteiger partial charge in [-0.15, -0.1) is 0 Å². The van der Waals surface area contributed by atoms with Gasteiger partial charge in [-0.3, -0.25) is 23.7 Å². The number of aliphatic carboxylic acids is 1. The van der Waals surface area contributed by atoms with Crippen molar-refractivity contribution in [1.82, 2.24) is 15.5 Å². The fourth-order valence-electron chi connectivity index (χ4n) is 5.32. The molecule has 3 amide bonds. The number of nitrogens with one attached hydrogen (secondary N) is 2. The molecule has 2 heterocycles. The van der Waals surface area contributed by atoms with Crippen LogP contribution in [-0.2, 0) is 54.9 Å². The van der Waals surface area contributed by atoms with Crippen LogP contribution in [0.3, 0.4) is 0 Å². The van der Waals surface area contributed by atoms with Crippen LogP contribution in [0.5, 0.6) is 11.5 Å². The Labute approximate surface area is 328 Å². The second-order valence-electron chi connectivity index (χ2n) is 14.2. The molecule has 320 valence electrons. The van der Waals surface area contributed by atoms with Crippen molar-refractivity contribution in [2.75, 3.05) is 38.7 Å². The van der Waals surface area contributed by atoms with E-state index in [0.29, 0.717) is 19.3 Å². The lowest BCUT2D eigenvalue weighted by molar-refractivity contribution is -0.271. The van der Waals surface area contributed by atoms with Crippen LogP contribution in [0.4, 0.5) is 0 Å². The van der Waals surface area contributed by atoms with E-state index < -0.39 is 88.0 Å². The predicted molar refractivity (Wildman–Crippen MR) is 194 cm³/mol. The SMILES string of the molecule is CC(C)(C)C(=O)OCc1ccc(OCCOCCNC(=O)C(CS(=O)(=O)O)NC(=O)CCCCCN2C(=O)C=CC2O)cc1O[C@@H]1O[C@H](C(=O)O)[C@@H](O)[C@H](O)[C@H]1O. The fourth-order valence-corrected chi connectivity index (χ4v) is 5.98. The number of rotatable bonds is 22. The van der Waals surface area contributed by atoms with E-state index in [9.17, 15) is 62.5 Å². The maximum atomic E-state index is 12.7. The van der Waals surface area contributed by atoms with Crippen LogP contribution in [0.1, 0.15) is 52.0 Å². The summed E-state index contributed by atoms with van der Waals surface area (Å²) in [5.74, 6) is -4.97. The average Bonchev–Trinajstić information content (AvgIpc) is 3.44. The van der Waals surface area contributed by atoms with Gasteiger partial charge in [-0.2, -0.15) is 8.42 Å². The van der Waals surface area contributed by atoms with Crippen molar-refractivity contribution >= 4 is 39.8 Å². The van der Waals surface area contributed by atoms with Crippen molar-refractivity contribution in [2.24, 2.45) is 5.41 Å². The molecule has 21 nitrogen and oxygen atoms in total. The van der Waals surface area contributed by atoms with E-state index in [1.807, 2.05) is 0 Å². The molecular weight excluding hydrogens is 782 g/mol. The Morgan fingerprint density at radius 2 is 1.70 bits per heavy atom. The molecule has 1 saturated heterocycles. The molecule has 1 fully saturated rings. The Morgan fingerprint density at radius 1 is 0.982 bits per heavy atom. The lowest BCUT2D eigenvalue weighted by Gasteiger charge is -2.38. The molecule has 2 aliphatic rings. The summed E-state index contributed by atoms with van der Waals surface area (Å²) in [4.78, 5) is 62.0. The zero-order valence-corrected chi connectivity index (χ0v) is 32.5. The molecule has 22 heteroatoms. The highest BCUT2D eigenvalue weighted by atomic mass is 32.2. The summed E-state index contributed by atoms with van der Waals surface area (Å²) in [6, 6.07) is 2.69. The molecule has 1 aromatic rings. The van der Waals surface area contributed by atoms with Crippen molar-refractivity contribution in [1.29, 1.82) is 0 Å². The van der Waals surface area contributed by atoms with E-state index in [-0.39, 0.29) is 68.9 Å². The third kappa shape index (κ3) is 15.1. The van der Waals surface area contributed by atoms with Gasteiger partial charge in [-0.25, -0.2) is 4.79 Å². The van der Waals surface area contributed by atoms with Crippen molar-refractivity contribution in [3.05, 3.63) is 35.9 Å². The van der Waals surface area contributed by atoms with Gasteiger partial charge in [0, 0.05) is 37.2 Å².